The molecule has 1 heterocycles. The lowest BCUT2D eigenvalue weighted by atomic mass is 9.70. The molecule has 1 saturated carbocycles. The van der Waals surface area contributed by atoms with Gasteiger partial charge < -0.3 is 10.6 Å². The fraction of sp³-hybridized carbons (Fsp3) is 0.765. The Balaban J connectivity index is 2.27. The van der Waals surface area contributed by atoms with E-state index < -0.39 is 0 Å². The molecule has 0 aromatic carbocycles. The molecule has 1 aliphatic rings. The van der Waals surface area contributed by atoms with Gasteiger partial charge in [0, 0.05) is 24.1 Å². The molecule has 0 bridgehead atoms. The Morgan fingerprint density at radius 1 is 1.10 bits per heavy atom. The standard InChI is InChI=1S/C17H30N4/c1-7-18-13-12(2)14(19-11-17(6)9-8-10-17)21-15(20-13)16(3,4)5/h7-11H2,1-6H3,(H2,18,19,20,21). The van der Waals surface area contributed by atoms with Gasteiger partial charge in [-0.3, -0.25) is 0 Å². The highest BCUT2D eigenvalue weighted by Crippen LogP contribution is 2.40. The van der Waals surface area contributed by atoms with Gasteiger partial charge in [0.05, 0.1) is 0 Å². The number of nitrogens with one attached hydrogen (secondary N) is 2. The molecule has 118 valence electrons. The Morgan fingerprint density at radius 2 is 1.67 bits per heavy atom. The SMILES string of the molecule is CCNc1nc(C(C)(C)C)nc(NCC2(C)CCC2)c1C. The van der Waals surface area contributed by atoms with Gasteiger partial charge >= 0.3 is 0 Å². The molecule has 0 radical (unpaired) electrons. The summed E-state index contributed by atoms with van der Waals surface area (Å²) in [5.41, 5.74) is 1.51. The molecule has 1 aromatic rings. The van der Waals surface area contributed by atoms with Gasteiger partial charge in [-0.1, -0.05) is 34.1 Å². The minimum Gasteiger partial charge on any atom is -0.370 e. The van der Waals surface area contributed by atoms with Crippen LogP contribution in [0.1, 0.15) is 65.3 Å². The van der Waals surface area contributed by atoms with Crippen molar-refractivity contribution < 1.29 is 0 Å². The summed E-state index contributed by atoms with van der Waals surface area (Å²) >= 11 is 0. The second kappa shape index (κ2) is 5.82. The van der Waals surface area contributed by atoms with Crippen LogP contribution < -0.4 is 10.6 Å². The van der Waals surface area contributed by atoms with Crippen LogP contribution in [0.2, 0.25) is 0 Å². The van der Waals surface area contributed by atoms with Crippen molar-refractivity contribution in [1.29, 1.82) is 0 Å². The third-order valence-electron chi connectivity index (χ3n) is 4.40. The van der Waals surface area contributed by atoms with E-state index in [2.05, 4.69) is 52.2 Å². The smallest absolute Gasteiger partial charge is 0.138 e. The molecule has 21 heavy (non-hydrogen) atoms. The lowest BCUT2D eigenvalue weighted by molar-refractivity contribution is 0.179. The Hall–Kier alpha value is -1.32. The van der Waals surface area contributed by atoms with E-state index in [1.807, 2.05) is 0 Å². The number of hydrogen-bond acceptors (Lipinski definition) is 4. The van der Waals surface area contributed by atoms with Crippen LogP contribution >= 0.6 is 0 Å². The normalized spacial score (nSPS) is 17.2. The average molecular weight is 290 g/mol. The van der Waals surface area contributed by atoms with E-state index in [4.69, 9.17) is 9.97 Å². The monoisotopic (exact) mass is 290 g/mol. The number of nitrogens with zero attached hydrogens (tertiary/aromatic N) is 2. The molecule has 0 aliphatic heterocycles. The van der Waals surface area contributed by atoms with Crippen molar-refractivity contribution in [3.63, 3.8) is 0 Å². The van der Waals surface area contributed by atoms with Crippen molar-refractivity contribution in [2.45, 2.75) is 66.2 Å². The van der Waals surface area contributed by atoms with Crippen molar-refractivity contribution in [2.75, 3.05) is 23.7 Å². The average Bonchev–Trinajstić information content (AvgIpc) is 2.36. The van der Waals surface area contributed by atoms with Crippen molar-refractivity contribution >= 4 is 11.6 Å². The van der Waals surface area contributed by atoms with Gasteiger partial charge in [-0.2, -0.15) is 0 Å². The first-order valence-corrected chi connectivity index (χ1v) is 8.12. The summed E-state index contributed by atoms with van der Waals surface area (Å²) in [6, 6.07) is 0. The quantitative estimate of drug-likeness (QED) is 0.856. The highest BCUT2D eigenvalue weighted by Gasteiger charge is 2.32. The molecule has 0 atom stereocenters. The van der Waals surface area contributed by atoms with Crippen LogP contribution in [0.4, 0.5) is 11.6 Å². The summed E-state index contributed by atoms with van der Waals surface area (Å²) in [5, 5.41) is 6.94. The van der Waals surface area contributed by atoms with Gasteiger partial charge in [-0.25, -0.2) is 9.97 Å². The van der Waals surface area contributed by atoms with Gasteiger partial charge in [0.1, 0.15) is 17.5 Å². The predicted octanol–water partition coefficient (Wildman–Crippen LogP) is 4.12. The highest BCUT2D eigenvalue weighted by atomic mass is 15.1. The molecule has 0 spiro atoms. The van der Waals surface area contributed by atoms with Crippen molar-refractivity contribution in [1.82, 2.24) is 9.97 Å². The summed E-state index contributed by atoms with van der Waals surface area (Å²) < 4.78 is 0. The Morgan fingerprint density at radius 3 is 2.10 bits per heavy atom. The summed E-state index contributed by atoms with van der Waals surface area (Å²) in [5.74, 6) is 2.84. The number of anilines is 2. The Bertz CT molecular complexity index is 498. The first kappa shape index (κ1) is 16.1. The lowest BCUT2D eigenvalue weighted by Gasteiger charge is -2.38. The van der Waals surface area contributed by atoms with Gasteiger partial charge in [0.25, 0.3) is 0 Å². The molecule has 0 saturated heterocycles. The minimum absolute atomic E-state index is 0.0470. The molecule has 2 rings (SSSR count). The maximum absolute atomic E-state index is 4.79. The van der Waals surface area contributed by atoms with E-state index in [9.17, 15) is 0 Å². The molecular formula is C17H30N4. The van der Waals surface area contributed by atoms with Crippen LogP contribution in [0.5, 0.6) is 0 Å². The first-order valence-electron chi connectivity index (χ1n) is 8.12. The van der Waals surface area contributed by atoms with E-state index in [-0.39, 0.29) is 5.41 Å². The predicted molar refractivity (Wildman–Crippen MR) is 90.1 cm³/mol. The van der Waals surface area contributed by atoms with E-state index >= 15 is 0 Å². The number of aromatic nitrogens is 2. The van der Waals surface area contributed by atoms with Crippen molar-refractivity contribution in [3.05, 3.63) is 11.4 Å². The second-order valence-electron chi connectivity index (χ2n) is 7.67. The minimum atomic E-state index is -0.0470. The lowest BCUT2D eigenvalue weighted by Crippen LogP contribution is -2.34. The van der Waals surface area contributed by atoms with Crippen LogP contribution in [0.15, 0.2) is 0 Å². The largest absolute Gasteiger partial charge is 0.370 e. The summed E-state index contributed by atoms with van der Waals surface area (Å²) in [7, 11) is 0. The second-order valence-corrected chi connectivity index (χ2v) is 7.67. The molecule has 0 amide bonds. The number of rotatable bonds is 5. The zero-order valence-electron chi connectivity index (χ0n) is 14.4. The van der Waals surface area contributed by atoms with Crippen molar-refractivity contribution in [2.24, 2.45) is 5.41 Å². The fourth-order valence-corrected chi connectivity index (χ4v) is 2.62. The molecule has 1 aliphatic carbocycles. The summed E-state index contributed by atoms with van der Waals surface area (Å²) in [4.78, 5) is 9.50. The zero-order chi connectivity index (χ0) is 15.7. The molecule has 4 nitrogen and oxygen atoms in total. The third kappa shape index (κ3) is 3.66. The topological polar surface area (TPSA) is 49.8 Å². The van der Waals surface area contributed by atoms with E-state index in [1.165, 1.54) is 19.3 Å². The Labute approximate surface area is 129 Å². The van der Waals surface area contributed by atoms with Crippen LogP contribution in [-0.4, -0.2) is 23.1 Å². The molecule has 1 fully saturated rings. The van der Waals surface area contributed by atoms with Crippen molar-refractivity contribution in [3.8, 4) is 0 Å². The Kier molecular flexibility index (Phi) is 4.45. The van der Waals surface area contributed by atoms with Crippen LogP contribution in [0.3, 0.4) is 0 Å². The van der Waals surface area contributed by atoms with E-state index in [1.54, 1.807) is 0 Å². The van der Waals surface area contributed by atoms with Gasteiger partial charge in [0.2, 0.25) is 0 Å². The highest BCUT2D eigenvalue weighted by molar-refractivity contribution is 5.57. The van der Waals surface area contributed by atoms with E-state index in [0.717, 1.165) is 36.1 Å². The van der Waals surface area contributed by atoms with Crippen LogP contribution in [-0.2, 0) is 5.41 Å². The molecule has 0 unspecified atom stereocenters. The molecule has 1 aromatic heterocycles. The number of hydrogen-bond donors (Lipinski definition) is 2. The summed E-state index contributed by atoms with van der Waals surface area (Å²) in [6.07, 6.45) is 3.99. The van der Waals surface area contributed by atoms with Gasteiger partial charge in [-0.05, 0) is 32.1 Å². The van der Waals surface area contributed by atoms with E-state index in [0.29, 0.717) is 5.41 Å². The first-order chi connectivity index (χ1) is 9.75. The molecular weight excluding hydrogens is 260 g/mol. The maximum Gasteiger partial charge on any atom is 0.138 e. The van der Waals surface area contributed by atoms with Gasteiger partial charge in [0.15, 0.2) is 0 Å². The third-order valence-corrected chi connectivity index (χ3v) is 4.40. The molecule has 4 heteroatoms. The molecule has 2 N–H and O–H groups in total. The van der Waals surface area contributed by atoms with Crippen LogP contribution in [0, 0.1) is 12.3 Å². The fourth-order valence-electron chi connectivity index (χ4n) is 2.62. The summed E-state index contributed by atoms with van der Waals surface area (Å²) in [6.45, 7) is 14.9. The maximum atomic E-state index is 4.79. The van der Waals surface area contributed by atoms with Gasteiger partial charge in [-0.15, -0.1) is 0 Å². The zero-order valence-corrected chi connectivity index (χ0v) is 14.4. The van der Waals surface area contributed by atoms with Crippen LogP contribution in [0.25, 0.3) is 0 Å².